The van der Waals surface area contributed by atoms with Crippen molar-refractivity contribution in [2.75, 3.05) is 20.3 Å². The molecule has 13 heavy (non-hydrogen) atoms. The van der Waals surface area contributed by atoms with Gasteiger partial charge in [-0.25, -0.2) is 0 Å². The van der Waals surface area contributed by atoms with Gasteiger partial charge in [-0.2, -0.15) is 0 Å². The maximum atomic E-state index is 5.59. The van der Waals surface area contributed by atoms with E-state index in [1.54, 1.807) is 12.8 Å². The third-order valence-corrected chi connectivity index (χ3v) is 4.05. The Morgan fingerprint density at radius 3 is 2.38 bits per heavy atom. The van der Waals surface area contributed by atoms with Crippen molar-refractivity contribution in [3.8, 4) is 0 Å². The van der Waals surface area contributed by atoms with E-state index in [0.29, 0.717) is 13.2 Å². The third-order valence-electron chi connectivity index (χ3n) is 1.68. The Hall–Kier alpha value is -0.163. The van der Waals surface area contributed by atoms with E-state index in [4.69, 9.17) is 13.3 Å². The molecule has 3 nitrogen and oxygen atoms in total. The zero-order valence-electron chi connectivity index (χ0n) is 8.84. The first kappa shape index (κ1) is 12.8. The van der Waals surface area contributed by atoms with Gasteiger partial charge >= 0.3 is 8.80 Å². The van der Waals surface area contributed by atoms with Crippen LogP contribution in [0.1, 0.15) is 26.7 Å². The Morgan fingerprint density at radius 1 is 1.31 bits per heavy atom. The molecule has 1 unspecified atom stereocenters. The lowest BCUT2D eigenvalue weighted by Gasteiger charge is -2.23. The molecule has 0 radical (unpaired) electrons. The summed E-state index contributed by atoms with van der Waals surface area (Å²) in [7, 11) is -0.910. The summed E-state index contributed by atoms with van der Waals surface area (Å²) in [4.78, 5) is 0. The summed E-state index contributed by atoms with van der Waals surface area (Å²) in [6, 6.07) is 0. The van der Waals surface area contributed by atoms with Crippen molar-refractivity contribution in [1.82, 2.24) is 0 Å². The molecule has 0 aliphatic rings. The highest BCUT2D eigenvalue weighted by molar-refractivity contribution is 6.66. The summed E-state index contributed by atoms with van der Waals surface area (Å²) < 4.78 is 16.3. The van der Waals surface area contributed by atoms with Crippen LogP contribution >= 0.6 is 0 Å². The van der Waals surface area contributed by atoms with E-state index in [9.17, 15) is 0 Å². The number of hydrogen-bond donors (Lipinski definition) is 0. The van der Waals surface area contributed by atoms with Gasteiger partial charge in [0, 0.05) is 20.3 Å². The van der Waals surface area contributed by atoms with E-state index >= 15 is 0 Å². The van der Waals surface area contributed by atoms with Gasteiger partial charge in [0.2, 0.25) is 0 Å². The van der Waals surface area contributed by atoms with Crippen LogP contribution < -0.4 is 0 Å². The van der Waals surface area contributed by atoms with Gasteiger partial charge in [0.1, 0.15) is 0 Å². The third kappa shape index (κ3) is 4.57. The van der Waals surface area contributed by atoms with Crippen LogP contribution in [0, 0.1) is 0 Å². The van der Waals surface area contributed by atoms with Gasteiger partial charge in [-0.05, 0) is 19.0 Å². The van der Waals surface area contributed by atoms with Crippen LogP contribution in [0.2, 0.25) is 0 Å². The first-order chi connectivity index (χ1) is 6.24. The molecular formula is C9H20O3Si. The van der Waals surface area contributed by atoms with E-state index in [1.165, 1.54) is 0 Å². The van der Waals surface area contributed by atoms with Crippen molar-refractivity contribution in [2.45, 2.75) is 26.7 Å². The Morgan fingerprint density at radius 2 is 2.00 bits per heavy atom. The molecule has 0 aliphatic carbocycles. The van der Waals surface area contributed by atoms with Crippen LogP contribution in [-0.4, -0.2) is 29.1 Å². The highest BCUT2D eigenvalue weighted by atomic mass is 28.4. The van der Waals surface area contributed by atoms with Crippen molar-refractivity contribution in [3.63, 3.8) is 0 Å². The van der Waals surface area contributed by atoms with Crippen LogP contribution in [0.15, 0.2) is 12.3 Å². The Bertz CT molecular complexity index is 141. The molecule has 0 bridgehead atoms. The predicted molar refractivity (Wildman–Crippen MR) is 55.4 cm³/mol. The van der Waals surface area contributed by atoms with Gasteiger partial charge in [0.05, 0.1) is 0 Å². The first-order valence-corrected chi connectivity index (χ1v) is 6.51. The molecule has 0 saturated carbocycles. The molecule has 0 aromatic carbocycles. The van der Waals surface area contributed by atoms with Crippen molar-refractivity contribution >= 4 is 8.80 Å². The summed E-state index contributed by atoms with van der Waals surface area (Å²) in [6.45, 7) is 9.01. The molecule has 0 aliphatic heterocycles. The summed E-state index contributed by atoms with van der Waals surface area (Å²) in [5.74, 6) is 0. The molecule has 0 N–H and O–H groups in total. The van der Waals surface area contributed by atoms with Crippen molar-refractivity contribution in [2.24, 2.45) is 0 Å². The van der Waals surface area contributed by atoms with E-state index in [1.807, 2.05) is 6.92 Å². The van der Waals surface area contributed by atoms with Crippen molar-refractivity contribution in [3.05, 3.63) is 12.3 Å². The lowest BCUT2D eigenvalue weighted by Crippen LogP contribution is -2.43. The first-order valence-electron chi connectivity index (χ1n) is 4.71. The minimum Gasteiger partial charge on any atom is -0.374 e. The number of rotatable bonds is 8. The smallest absolute Gasteiger partial charge is 0.374 e. The normalized spacial score (nSPS) is 15.3. The Labute approximate surface area is 82.1 Å². The quantitative estimate of drug-likeness (QED) is 0.448. The van der Waals surface area contributed by atoms with Crippen LogP contribution in [-0.2, 0) is 13.3 Å². The van der Waals surface area contributed by atoms with Crippen molar-refractivity contribution in [1.29, 1.82) is 0 Å². The number of hydrogen-bond acceptors (Lipinski definition) is 3. The van der Waals surface area contributed by atoms with Crippen LogP contribution in [0.3, 0.4) is 0 Å². The second-order valence-electron chi connectivity index (χ2n) is 2.65. The van der Waals surface area contributed by atoms with E-state index < -0.39 is 8.80 Å². The molecule has 0 rings (SSSR count). The lowest BCUT2D eigenvalue weighted by molar-refractivity contribution is 0.0938. The van der Waals surface area contributed by atoms with E-state index in [0.717, 1.165) is 12.8 Å². The van der Waals surface area contributed by atoms with Gasteiger partial charge < -0.3 is 13.3 Å². The van der Waals surface area contributed by atoms with Gasteiger partial charge in [-0.1, -0.05) is 19.9 Å². The van der Waals surface area contributed by atoms with E-state index in [-0.39, 0.29) is 0 Å². The van der Waals surface area contributed by atoms with Gasteiger partial charge in [-0.3, -0.25) is 0 Å². The fourth-order valence-electron chi connectivity index (χ4n) is 0.921. The molecule has 0 fully saturated rings. The summed E-state index contributed by atoms with van der Waals surface area (Å²) in [6.07, 6.45) is 2.14. The monoisotopic (exact) mass is 204 g/mol. The zero-order chi connectivity index (χ0) is 10.2. The van der Waals surface area contributed by atoms with Crippen molar-refractivity contribution < 1.29 is 13.3 Å². The fourth-order valence-corrected chi connectivity index (χ4v) is 2.47. The SMILES string of the molecule is C=C[Si](OC)(OCC)OCCCC. The minimum atomic E-state index is -2.52. The molecule has 78 valence electrons. The average Bonchev–Trinajstić information content (AvgIpc) is 2.17. The molecule has 0 aromatic rings. The Balaban J connectivity index is 3.96. The molecule has 0 saturated heterocycles. The van der Waals surface area contributed by atoms with Gasteiger partial charge in [0.25, 0.3) is 0 Å². The minimum absolute atomic E-state index is 0.595. The molecule has 0 amide bonds. The largest absolute Gasteiger partial charge is 0.528 e. The number of unbranched alkanes of at least 4 members (excludes halogenated alkanes) is 1. The topological polar surface area (TPSA) is 27.7 Å². The standard InChI is InChI=1S/C9H20O3Si/c1-5-8-9-12-13(7-3,10-4)11-6-2/h7H,3,5-6,8-9H2,1-2,4H3. The second-order valence-corrected chi connectivity index (χ2v) is 5.25. The highest BCUT2D eigenvalue weighted by Gasteiger charge is 2.35. The summed E-state index contributed by atoms with van der Waals surface area (Å²) in [5, 5.41) is 0. The van der Waals surface area contributed by atoms with Gasteiger partial charge in [0.15, 0.2) is 0 Å². The fraction of sp³-hybridized carbons (Fsp3) is 0.778. The highest BCUT2D eigenvalue weighted by Crippen LogP contribution is 2.10. The molecule has 4 heteroatoms. The van der Waals surface area contributed by atoms with Gasteiger partial charge in [-0.15, -0.1) is 0 Å². The van der Waals surface area contributed by atoms with E-state index in [2.05, 4.69) is 13.5 Å². The molecule has 0 aromatic heterocycles. The second kappa shape index (κ2) is 7.26. The van der Waals surface area contributed by atoms with Crippen LogP contribution in [0.4, 0.5) is 0 Å². The van der Waals surface area contributed by atoms with Crippen LogP contribution in [0.5, 0.6) is 0 Å². The zero-order valence-corrected chi connectivity index (χ0v) is 9.84. The summed E-state index contributed by atoms with van der Waals surface area (Å²) in [5.41, 5.74) is 1.67. The Kier molecular flexibility index (Phi) is 7.17. The average molecular weight is 204 g/mol. The predicted octanol–water partition coefficient (Wildman–Crippen LogP) is 2.15. The molecular weight excluding hydrogens is 184 g/mol. The van der Waals surface area contributed by atoms with Crippen LogP contribution in [0.25, 0.3) is 0 Å². The summed E-state index contributed by atoms with van der Waals surface area (Å²) >= 11 is 0. The lowest BCUT2D eigenvalue weighted by atomic mass is 10.4. The molecule has 0 heterocycles. The maximum absolute atomic E-state index is 5.59. The molecule has 1 atom stereocenters. The maximum Gasteiger partial charge on any atom is 0.528 e. The molecule has 0 spiro atoms.